The van der Waals surface area contributed by atoms with E-state index in [2.05, 4.69) is 10.3 Å². The van der Waals surface area contributed by atoms with Crippen LogP contribution in [-0.4, -0.2) is 22.1 Å². The zero-order valence-electron chi connectivity index (χ0n) is 14.2. The lowest BCUT2D eigenvalue weighted by Gasteiger charge is -2.09. The second kappa shape index (κ2) is 8.15. The third-order valence-electron chi connectivity index (χ3n) is 3.85. The quantitative estimate of drug-likeness (QED) is 0.665. The molecule has 0 atom stereocenters. The Morgan fingerprint density at radius 2 is 1.96 bits per heavy atom. The summed E-state index contributed by atoms with van der Waals surface area (Å²) >= 11 is 0. The van der Waals surface area contributed by atoms with Gasteiger partial charge in [-0.1, -0.05) is 18.2 Å². The normalized spacial score (nSPS) is 10.4. The molecule has 0 bridgehead atoms. The number of ether oxygens (including phenoxy) is 1. The van der Waals surface area contributed by atoms with Crippen LogP contribution in [0.4, 0.5) is 5.69 Å². The Morgan fingerprint density at radius 1 is 1.16 bits per heavy atom. The molecule has 0 spiro atoms. The maximum atomic E-state index is 12.0. The van der Waals surface area contributed by atoms with Gasteiger partial charge in [-0.3, -0.25) is 4.79 Å². The fraction of sp³-hybridized carbons (Fsp3) is 0.200. The number of carbonyl (C=O) groups is 1. The third-order valence-corrected chi connectivity index (χ3v) is 3.85. The van der Waals surface area contributed by atoms with Crippen molar-refractivity contribution in [2.75, 3.05) is 11.9 Å². The number of rotatable bonds is 7. The SMILES string of the molecule is Cc1ccccc1OCCCC(=O)Nc1ccc(-n2ccnc2)cc1. The lowest BCUT2D eigenvalue weighted by molar-refractivity contribution is -0.116. The highest BCUT2D eigenvalue weighted by Gasteiger charge is 2.04. The Hall–Kier alpha value is -3.08. The zero-order chi connectivity index (χ0) is 17.5. The first-order valence-electron chi connectivity index (χ1n) is 8.29. The molecule has 1 heterocycles. The Kier molecular flexibility index (Phi) is 5.46. The minimum absolute atomic E-state index is 0.0104. The summed E-state index contributed by atoms with van der Waals surface area (Å²) in [6.45, 7) is 2.54. The Balaban J connectivity index is 1.42. The second-order valence-electron chi connectivity index (χ2n) is 5.78. The van der Waals surface area contributed by atoms with E-state index in [0.717, 1.165) is 22.7 Å². The molecule has 1 aromatic heterocycles. The van der Waals surface area contributed by atoms with Crippen LogP contribution in [0.2, 0.25) is 0 Å². The fourth-order valence-electron chi connectivity index (χ4n) is 2.49. The van der Waals surface area contributed by atoms with Crippen molar-refractivity contribution in [1.82, 2.24) is 9.55 Å². The van der Waals surface area contributed by atoms with Crippen molar-refractivity contribution in [1.29, 1.82) is 0 Å². The van der Waals surface area contributed by atoms with Crippen LogP contribution in [0.3, 0.4) is 0 Å². The van der Waals surface area contributed by atoms with Gasteiger partial charge in [-0.2, -0.15) is 0 Å². The number of imidazole rings is 1. The molecule has 25 heavy (non-hydrogen) atoms. The minimum Gasteiger partial charge on any atom is -0.493 e. The predicted molar refractivity (Wildman–Crippen MR) is 98.1 cm³/mol. The van der Waals surface area contributed by atoms with Crippen LogP contribution >= 0.6 is 0 Å². The molecule has 128 valence electrons. The van der Waals surface area contributed by atoms with Crippen molar-refractivity contribution < 1.29 is 9.53 Å². The molecule has 0 saturated carbocycles. The first-order chi connectivity index (χ1) is 12.2. The standard InChI is InChI=1S/C20H21N3O2/c1-16-5-2-3-6-19(16)25-14-4-7-20(24)22-17-8-10-18(11-9-17)23-13-12-21-15-23/h2-3,5-6,8-13,15H,4,7,14H2,1H3,(H,22,24). The maximum Gasteiger partial charge on any atom is 0.224 e. The number of nitrogens with one attached hydrogen (secondary N) is 1. The molecule has 5 heteroatoms. The molecule has 0 fully saturated rings. The highest BCUT2D eigenvalue weighted by atomic mass is 16.5. The molecule has 0 aliphatic rings. The first kappa shape index (κ1) is 16.8. The number of para-hydroxylation sites is 1. The Labute approximate surface area is 147 Å². The van der Waals surface area contributed by atoms with Gasteiger partial charge in [-0.25, -0.2) is 4.98 Å². The maximum absolute atomic E-state index is 12.0. The van der Waals surface area contributed by atoms with E-state index in [1.54, 1.807) is 12.5 Å². The molecular formula is C20H21N3O2. The number of aromatic nitrogens is 2. The van der Waals surface area contributed by atoms with Crippen molar-refractivity contribution in [3.8, 4) is 11.4 Å². The highest BCUT2D eigenvalue weighted by molar-refractivity contribution is 5.90. The van der Waals surface area contributed by atoms with Gasteiger partial charge in [0.25, 0.3) is 0 Å². The molecule has 0 saturated heterocycles. The van der Waals surface area contributed by atoms with Crippen LogP contribution in [0.5, 0.6) is 5.75 Å². The van der Waals surface area contributed by atoms with Crippen molar-refractivity contribution >= 4 is 11.6 Å². The van der Waals surface area contributed by atoms with Gasteiger partial charge in [0.05, 0.1) is 12.9 Å². The molecule has 0 aliphatic carbocycles. The van der Waals surface area contributed by atoms with Crippen molar-refractivity contribution in [3.05, 3.63) is 72.8 Å². The Morgan fingerprint density at radius 3 is 2.68 bits per heavy atom. The van der Waals surface area contributed by atoms with E-state index in [1.165, 1.54) is 0 Å². The van der Waals surface area contributed by atoms with Crippen molar-refractivity contribution in [2.24, 2.45) is 0 Å². The van der Waals surface area contributed by atoms with Gasteiger partial charge in [-0.05, 0) is 49.2 Å². The largest absolute Gasteiger partial charge is 0.493 e. The highest BCUT2D eigenvalue weighted by Crippen LogP contribution is 2.17. The lowest BCUT2D eigenvalue weighted by atomic mass is 10.2. The van der Waals surface area contributed by atoms with Gasteiger partial charge in [0.15, 0.2) is 0 Å². The van der Waals surface area contributed by atoms with E-state index in [1.807, 2.05) is 66.2 Å². The van der Waals surface area contributed by atoms with Crippen LogP contribution < -0.4 is 10.1 Å². The molecule has 0 radical (unpaired) electrons. The molecule has 1 N–H and O–H groups in total. The summed E-state index contributed by atoms with van der Waals surface area (Å²) in [6.07, 6.45) is 6.45. The van der Waals surface area contributed by atoms with Crippen LogP contribution in [0.15, 0.2) is 67.3 Å². The van der Waals surface area contributed by atoms with Gasteiger partial charge in [0.1, 0.15) is 5.75 Å². The molecule has 3 rings (SSSR count). The van der Waals surface area contributed by atoms with Crippen LogP contribution in [0.25, 0.3) is 5.69 Å². The number of hydrogen-bond donors (Lipinski definition) is 1. The summed E-state index contributed by atoms with van der Waals surface area (Å²) in [5, 5.41) is 2.91. The summed E-state index contributed by atoms with van der Waals surface area (Å²) in [5.74, 6) is 0.863. The average molecular weight is 335 g/mol. The molecule has 2 aromatic carbocycles. The Bertz CT molecular complexity index is 811. The molecular weight excluding hydrogens is 314 g/mol. The van der Waals surface area contributed by atoms with Gasteiger partial charge in [-0.15, -0.1) is 0 Å². The van der Waals surface area contributed by atoms with E-state index in [9.17, 15) is 4.79 Å². The summed E-state index contributed by atoms with van der Waals surface area (Å²) in [6, 6.07) is 15.5. The number of carbonyl (C=O) groups excluding carboxylic acids is 1. The zero-order valence-corrected chi connectivity index (χ0v) is 14.2. The third kappa shape index (κ3) is 4.70. The minimum atomic E-state index is -0.0104. The smallest absolute Gasteiger partial charge is 0.224 e. The van der Waals surface area contributed by atoms with E-state index >= 15 is 0 Å². The number of benzene rings is 2. The number of amides is 1. The van der Waals surface area contributed by atoms with E-state index in [4.69, 9.17) is 4.74 Å². The molecule has 0 unspecified atom stereocenters. The molecule has 0 aliphatic heterocycles. The molecule has 5 nitrogen and oxygen atoms in total. The lowest BCUT2D eigenvalue weighted by Crippen LogP contribution is -2.13. The van der Waals surface area contributed by atoms with Gasteiger partial charge < -0.3 is 14.6 Å². The second-order valence-corrected chi connectivity index (χ2v) is 5.78. The average Bonchev–Trinajstić information content (AvgIpc) is 3.15. The van der Waals surface area contributed by atoms with Gasteiger partial charge >= 0.3 is 0 Å². The number of aryl methyl sites for hydroxylation is 1. The monoisotopic (exact) mass is 335 g/mol. The van der Waals surface area contributed by atoms with Crippen LogP contribution in [-0.2, 0) is 4.79 Å². The topological polar surface area (TPSA) is 56.1 Å². The predicted octanol–water partition coefficient (Wildman–Crippen LogP) is 3.98. The van der Waals surface area contributed by atoms with Crippen LogP contribution in [0, 0.1) is 6.92 Å². The summed E-state index contributed by atoms with van der Waals surface area (Å²) in [5.41, 5.74) is 2.89. The van der Waals surface area contributed by atoms with Gasteiger partial charge in [0, 0.05) is 30.2 Å². The van der Waals surface area contributed by atoms with Crippen LogP contribution in [0.1, 0.15) is 18.4 Å². The summed E-state index contributed by atoms with van der Waals surface area (Å²) in [4.78, 5) is 16.0. The van der Waals surface area contributed by atoms with Crippen molar-refractivity contribution in [2.45, 2.75) is 19.8 Å². The van der Waals surface area contributed by atoms with Gasteiger partial charge in [0.2, 0.25) is 5.91 Å². The van der Waals surface area contributed by atoms with Crippen molar-refractivity contribution in [3.63, 3.8) is 0 Å². The molecule has 3 aromatic rings. The van der Waals surface area contributed by atoms with E-state index < -0.39 is 0 Å². The summed E-state index contributed by atoms with van der Waals surface area (Å²) < 4.78 is 7.62. The first-order valence-corrected chi connectivity index (χ1v) is 8.29. The molecule has 1 amide bonds. The van der Waals surface area contributed by atoms with E-state index in [-0.39, 0.29) is 5.91 Å². The number of anilines is 1. The number of nitrogens with zero attached hydrogens (tertiary/aromatic N) is 2. The summed E-state index contributed by atoms with van der Waals surface area (Å²) in [7, 11) is 0. The number of hydrogen-bond acceptors (Lipinski definition) is 3. The fourth-order valence-corrected chi connectivity index (χ4v) is 2.49. The van der Waals surface area contributed by atoms with E-state index in [0.29, 0.717) is 19.4 Å².